The van der Waals surface area contributed by atoms with Gasteiger partial charge in [0.15, 0.2) is 0 Å². The van der Waals surface area contributed by atoms with E-state index >= 15 is 0 Å². The first-order valence-corrected chi connectivity index (χ1v) is 9.60. The number of nitrogens with two attached hydrogens (primary N) is 1. The molecule has 3 rings (SSSR count). The van der Waals surface area contributed by atoms with Gasteiger partial charge in [0.25, 0.3) is 5.91 Å². The third-order valence-electron chi connectivity index (χ3n) is 4.52. The van der Waals surface area contributed by atoms with Crippen LogP contribution in [0, 0.1) is 0 Å². The van der Waals surface area contributed by atoms with E-state index in [4.69, 9.17) is 26.8 Å². The molecular formula is C21H24ClN3O3. The maximum atomic E-state index is 12.7. The van der Waals surface area contributed by atoms with Gasteiger partial charge < -0.3 is 20.5 Å². The van der Waals surface area contributed by atoms with Crippen LogP contribution in [0.1, 0.15) is 28.8 Å². The number of ether oxygens (including phenoxy) is 2. The summed E-state index contributed by atoms with van der Waals surface area (Å²) in [5.41, 5.74) is 7.24. The zero-order valence-corrected chi connectivity index (χ0v) is 16.5. The number of amidine groups is 1. The molecule has 0 saturated carbocycles. The third kappa shape index (κ3) is 5.47. The molecule has 1 amide bonds. The molecule has 0 aromatic heterocycles. The second kappa shape index (κ2) is 9.57. The fraction of sp³-hybridized carbons (Fsp3) is 0.333. The average molecular weight is 402 g/mol. The van der Waals surface area contributed by atoms with E-state index in [1.807, 2.05) is 24.3 Å². The Morgan fingerprint density at radius 3 is 2.79 bits per heavy atom. The van der Waals surface area contributed by atoms with Crippen LogP contribution in [0.15, 0.2) is 47.5 Å². The SMILES string of the molecule is COc1cccc(CC(N)=NC(=O)c2cc(Cl)ccc2OC2CCNCC2)c1. The van der Waals surface area contributed by atoms with Gasteiger partial charge in [0.2, 0.25) is 0 Å². The van der Waals surface area contributed by atoms with E-state index in [9.17, 15) is 4.79 Å². The Morgan fingerprint density at radius 1 is 1.25 bits per heavy atom. The highest BCUT2D eigenvalue weighted by Gasteiger charge is 2.19. The lowest BCUT2D eigenvalue weighted by Gasteiger charge is -2.24. The summed E-state index contributed by atoms with van der Waals surface area (Å²) in [5, 5.41) is 3.74. The molecule has 3 N–H and O–H groups in total. The molecule has 2 aromatic carbocycles. The van der Waals surface area contributed by atoms with Crippen molar-refractivity contribution in [1.82, 2.24) is 5.32 Å². The van der Waals surface area contributed by atoms with Crippen LogP contribution in [0.4, 0.5) is 0 Å². The van der Waals surface area contributed by atoms with Crippen LogP contribution in [-0.4, -0.2) is 38.0 Å². The van der Waals surface area contributed by atoms with Crippen molar-refractivity contribution in [3.63, 3.8) is 0 Å². The monoisotopic (exact) mass is 401 g/mol. The number of hydrogen-bond acceptors (Lipinski definition) is 4. The van der Waals surface area contributed by atoms with Crippen molar-refractivity contribution in [3.05, 3.63) is 58.6 Å². The zero-order valence-electron chi connectivity index (χ0n) is 15.8. The van der Waals surface area contributed by atoms with Gasteiger partial charge in [-0.3, -0.25) is 4.79 Å². The van der Waals surface area contributed by atoms with E-state index in [-0.39, 0.29) is 11.9 Å². The molecular weight excluding hydrogens is 378 g/mol. The zero-order chi connectivity index (χ0) is 19.9. The molecule has 148 valence electrons. The summed E-state index contributed by atoms with van der Waals surface area (Å²) in [5.74, 6) is 0.959. The molecule has 0 aliphatic carbocycles. The third-order valence-corrected chi connectivity index (χ3v) is 4.75. The molecule has 1 fully saturated rings. The van der Waals surface area contributed by atoms with Crippen molar-refractivity contribution in [2.45, 2.75) is 25.4 Å². The summed E-state index contributed by atoms with van der Waals surface area (Å²) < 4.78 is 11.3. The van der Waals surface area contributed by atoms with Crippen molar-refractivity contribution in [1.29, 1.82) is 0 Å². The maximum Gasteiger partial charge on any atom is 0.282 e. The van der Waals surface area contributed by atoms with E-state index in [0.29, 0.717) is 22.8 Å². The molecule has 1 saturated heterocycles. The fourth-order valence-corrected chi connectivity index (χ4v) is 3.26. The molecule has 0 atom stereocenters. The molecule has 1 heterocycles. The van der Waals surface area contributed by atoms with Crippen LogP contribution >= 0.6 is 11.6 Å². The van der Waals surface area contributed by atoms with Gasteiger partial charge in [-0.25, -0.2) is 0 Å². The van der Waals surface area contributed by atoms with Crippen molar-refractivity contribution in [2.75, 3.05) is 20.2 Å². The normalized spacial score (nSPS) is 15.3. The summed E-state index contributed by atoms with van der Waals surface area (Å²) in [6.45, 7) is 1.79. The lowest BCUT2D eigenvalue weighted by Crippen LogP contribution is -2.34. The number of carbonyl (C=O) groups is 1. The summed E-state index contributed by atoms with van der Waals surface area (Å²) >= 11 is 6.09. The van der Waals surface area contributed by atoms with Crippen LogP contribution in [0.25, 0.3) is 0 Å². The number of methoxy groups -OCH3 is 1. The van der Waals surface area contributed by atoms with Crippen LogP contribution in [-0.2, 0) is 6.42 Å². The minimum atomic E-state index is -0.466. The number of rotatable bonds is 6. The Kier molecular flexibility index (Phi) is 6.90. The van der Waals surface area contributed by atoms with Crippen LogP contribution in [0.5, 0.6) is 11.5 Å². The first-order valence-electron chi connectivity index (χ1n) is 9.22. The van der Waals surface area contributed by atoms with Gasteiger partial charge in [-0.15, -0.1) is 0 Å². The molecule has 2 aromatic rings. The fourth-order valence-electron chi connectivity index (χ4n) is 3.09. The molecule has 0 radical (unpaired) electrons. The standard InChI is InChI=1S/C21H24ClN3O3/c1-27-17-4-2-3-14(11-17)12-20(23)25-21(26)18-13-15(22)5-6-19(18)28-16-7-9-24-10-8-16/h2-6,11,13,16,24H,7-10,12H2,1H3,(H2,23,25,26). The second-order valence-electron chi connectivity index (χ2n) is 6.64. The van der Waals surface area contributed by atoms with Gasteiger partial charge >= 0.3 is 0 Å². The van der Waals surface area contributed by atoms with Crippen molar-refractivity contribution in [3.8, 4) is 11.5 Å². The average Bonchev–Trinajstić information content (AvgIpc) is 2.70. The van der Waals surface area contributed by atoms with E-state index in [1.165, 1.54) is 0 Å². The topological polar surface area (TPSA) is 85.9 Å². The first kappa shape index (κ1) is 20.2. The Labute approximate surface area is 169 Å². The van der Waals surface area contributed by atoms with E-state index in [1.54, 1.807) is 25.3 Å². The molecule has 28 heavy (non-hydrogen) atoms. The van der Waals surface area contributed by atoms with Gasteiger partial charge in [-0.2, -0.15) is 4.99 Å². The van der Waals surface area contributed by atoms with E-state index in [2.05, 4.69) is 10.3 Å². The quantitative estimate of drug-likeness (QED) is 0.573. The summed E-state index contributed by atoms with van der Waals surface area (Å²) in [7, 11) is 1.60. The Morgan fingerprint density at radius 2 is 2.04 bits per heavy atom. The number of benzene rings is 2. The highest BCUT2D eigenvalue weighted by molar-refractivity contribution is 6.31. The van der Waals surface area contributed by atoms with Gasteiger partial charge in [0.1, 0.15) is 23.4 Å². The first-order chi connectivity index (χ1) is 13.5. The summed E-state index contributed by atoms with van der Waals surface area (Å²) in [4.78, 5) is 16.8. The molecule has 0 bridgehead atoms. The van der Waals surface area contributed by atoms with Crippen molar-refractivity contribution < 1.29 is 14.3 Å². The number of halogens is 1. The summed E-state index contributed by atoms with van der Waals surface area (Å²) in [6, 6.07) is 12.5. The molecule has 1 aliphatic rings. The van der Waals surface area contributed by atoms with Crippen LogP contribution in [0.2, 0.25) is 5.02 Å². The summed E-state index contributed by atoms with van der Waals surface area (Å²) in [6.07, 6.45) is 2.18. The second-order valence-corrected chi connectivity index (χ2v) is 7.08. The molecule has 0 unspecified atom stereocenters. The number of nitrogens with zero attached hydrogens (tertiary/aromatic N) is 1. The van der Waals surface area contributed by atoms with Gasteiger partial charge in [-0.05, 0) is 61.8 Å². The van der Waals surface area contributed by atoms with Gasteiger partial charge in [0, 0.05) is 11.4 Å². The van der Waals surface area contributed by atoms with Crippen molar-refractivity contribution >= 4 is 23.3 Å². The van der Waals surface area contributed by atoms with Crippen LogP contribution in [0.3, 0.4) is 0 Å². The van der Waals surface area contributed by atoms with E-state index < -0.39 is 5.91 Å². The van der Waals surface area contributed by atoms with Gasteiger partial charge in [0.05, 0.1) is 12.7 Å². The van der Waals surface area contributed by atoms with Crippen LogP contribution < -0.4 is 20.5 Å². The number of hydrogen-bond donors (Lipinski definition) is 2. The lowest BCUT2D eigenvalue weighted by molar-refractivity contribution is 0.0991. The van der Waals surface area contributed by atoms with E-state index in [0.717, 1.165) is 37.2 Å². The molecule has 7 heteroatoms. The predicted molar refractivity (Wildman–Crippen MR) is 111 cm³/mol. The highest BCUT2D eigenvalue weighted by Crippen LogP contribution is 2.26. The van der Waals surface area contributed by atoms with Crippen molar-refractivity contribution in [2.24, 2.45) is 10.7 Å². The largest absolute Gasteiger partial charge is 0.497 e. The molecule has 6 nitrogen and oxygen atoms in total. The molecule has 0 spiro atoms. The smallest absolute Gasteiger partial charge is 0.282 e. The number of piperidine rings is 1. The predicted octanol–water partition coefficient (Wildman–Crippen LogP) is 3.22. The highest BCUT2D eigenvalue weighted by atomic mass is 35.5. The number of nitrogens with one attached hydrogen (secondary N) is 1. The maximum absolute atomic E-state index is 12.7. The number of carbonyl (C=O) groups excluding carboxylic acids is 1. The molecule has 1 aliphatic heterocycles. The number of aliphatic imine (C=N–C) groups is 1. The minimum absolute atomic E-state index is 0.0621. The lowest BCUT2D eigenvalue weighted by atomic mass is 10.1. The Balaban J connectivity index is 1.76. The number of amides is 1. The minimum Gasteiger partial charge on any atom is -0.497 e. The Hall–Kier alpha value is -2.57. The Bertz CT molecular complexity index is 864. The van der Waals surface area contributed by atoms with Gasteiger partial charge in [-0.1, -0.05) is 23.7 Å².